The van der Waals surface area contributed by atoms with E-state index in [1.165, 1.54) is 12.1 Å². The first kappa shape index (κ1) is 28.0. The number of aromatic nitrogens is 1. The standard InChI is InChI=1S/C33H31FN2O5/c1-4-8-21(2)36-20-31(23-9-6-5-7-10-23)41-32(33(36)38)28(37)18-22-11-14-30(26(34)17-22)40-29-15-16-35-27-19-24(39-3)12-13-25(27)29/h5-17,19,31-32H,4,18,20H2,1-3H3/b21-8+. The Hall–Kier alpha value is -4.56. The number of ether oxygens (including phenoxy) is 3. The van der Waals surface area contributed by atoms with Crippen molar-refractivity contribution < 1.29 is 28.2 Å². The largest absolute Gasteiger partial charge is 0.497 e. The summed E-state index contributed by atoms with van der Waals surface area (Å²) >= 11 is 0. The van der Waals surface area contributed by atoms with Crippen LogP contribution in [0.15, 0.2) is 90.8 Å². The molecule has 1 amide bonds. The molecule has 1 saturated heterocycles. The summed E-state index contributed by atoms with van der Waals surface area (Å²) in [6.07, 6.45) is 2.34. The minimum Gasteiger partial charge on any atom is -0.497 e. The molecule has 2 heterocycles. The lowest BCUT2D eigenvalue weighted by Gasteiger charge is -2.37. The van der Waals surface area contributed by atoms with Crippen molar-refractivity contribution in [1.82, 2.24) is 9.88 Å². The van der Waals surface area contributed by atoms with Gasteiger partial charge in [0.25, 0.3) is 5.91 Å². The van der Waals surface area contributed by atoms with Crippen LogP contribution in [0.3, 0.4) is 0 Å². The quantitative estimate of drug-likeness (QED) is 0.218. The Morgan fingerprint density at radius 1 is 1.10 bits per heavy atom. The first-order valence-corrected chi connectivity index (χ1v) is 13.5. The Bertz CT molecular complexity index is 1600. The van der Waals surface area contributed by atoms with Crippen LogP contribution in [-0.4, -0.2) is 41.3 Å². The molecule has 41 heavy (non-hydrogen) atoms. The average Bonchev–Trinajstić information content (AvgIpc) is 2.99. The zero-order valence-electron chi connectivity index (χ0n) is 23.2. The van der Waals surface area contributed by atoms with Crippen molar-refractivity contribution in [2.24, 2.45) is 0 Å². The van der Waals surface area contributed by atoms with Crippen molar-refractivity contribution in [2.75, 3.05) is 13.7 Å². The van der Waals surface area contributed by atoms with E-state index in [0.29, 0.717) is 34.5 Å². The van der Waals surface area contributed by atoms with Crippen molar-refractivity contribution in [3.63, 3.8) is 0 Å². The maximum absolute atomic E-state index is 15.2. The fourth-order valence-corrected chi connectivity index (χ4v) is 4.92. The third-order valence-corrected chi connectivity index (χ3v) is 7.03. The molecule has 0 saturated carbocycles. The van der Waals surface area contributed by atoms with E-state index in [0.717, 1.165) is 17.7 Å². The van der Waals surface area contributed by atoms with Gasteiger partial charge in [0.1, 0.15) is 17.6 Å². The lowest BCUT2D eigenvalue weighted by Crippen LogP contribution is -2.51. The molecule has 0 spiro atoms. The van der Waals surface area contributed by atoms with Gasteiger partial charge in [0.2, 0.25) is 0 Å². The van der Waals surface area contributed by atoms with Gasteiger partial charge in [-0.05, 0) is 54.8 Å². The molecule has 2 atom stereocenters. The predicted molar refractivity (Wildman–Crippen MR) is 153 cm³/mol. The van der Waals surface area contributed by atoms with Gasteiger partial charge in [-0.2, -0.15) is 0 Å². The highest BCUT2D eigenvalue weighted by atomic mass is 19.1. The van der Waals surface area contributed by atoms with E-state index in [-0.39, 0.29) is 12.2 Å². The van der Waals surface area contributed by atoms with Crippen LogP contribution in [0, 0.1) is 5.82 Å². The van der Waals surface area contributed by atoms with E-state index in [1.807, 2.05) is 50.3 Å². The van der Waals surface area contributed by atoms with Gasteiger partial charge in [0, 0.05) is 29.8 Å². The molecule has 1 aliphatic heterocycles. The van der Waals surface area contributed by atoms with Crippen LogP contribution in [0.5, 0.6) is 17.2 Å². The molecule has 0 aliphatic carbocycles. The first-order valence-electron chi connectivity index (χ1n) is 13.5. The summed E-state index contributed by atoms with van der Waals surface area (Å²) in [6, 6.07) is 20.8. The van der Waals surface area contributed by atoms with Crippen LogP contribution >= 0.6 is 0 Å². The van der Waals surface area contributed by atoms with Crippen LogP contribution in [-0.2, 0) is 20.7 Å². The SMILES string of the molecule is CC/C=C(\C)N1CC(c2ccccc2)OC(C(=O)Cc2ccc(Oc3ccnc4cc(OC)ccc34)c(F)c2)C1=O. The van der Waals surface area contributed by atoms with Crippen molar-refractivity contribution >= 4 is 22.6 Å². The molecule has 7 nitrogen and oxygen atoms in total. The van der Waals surface area contributed by atoms with Gasteiger partial charge in [0.15, 0.2) is 23.5 Å². The number of benzene rings is 3. The Balaban J connectivity index is 1.35. The average molecular weight is 555 g/mol. The van der Waals surface area contributed by atoms with Crippen LogP contribution in [0.25, 0.3) is 10.9 Å². The topological polar surface area (TPSA) is 78.0 Å². The maximum Gasteiger partial charge on any atom is 0.263 e. The molecule has 210 valence electrons. The number of halogens is 1. The van der Waals surface area contributed by atoms with Gasteiger partial charge in [0.05, 0.1) is 19.2 Å². The Morgan fingerprint density at radius 3 is 2.63 bits per heavy atom. The molecular weight excluding hydrogens is 523 g/mol. The summed E-state index contributed by atoms with van der Waals surface area (Å²) in [4.78, 5) is 32.7. The molecule has 0 bridgehead atoms. The van der Waals surface area contributed by atoms with Crippen LogP contribution in [0.4, 0.5) is 4.39 Å². The van der Waals surface area contributed by atoms with Crippen molar-refractivity contribution in [3.8, 4) is 17.2 Å². The second-order valence-electron chi connectivity index (χ2n) is 9.82. The molecule has 0 radical (unpaired) electrons. The fraction of sp³-hybridized carbons (Fsp3) is 0.242. The fourth-order valence-electron chi connectivity index (χ4n) is 4.92. The highest BCUT2D eigenvalue weighted by Gasteiger charge is 2.40. The molecule has 5 rings (SSSR count). The minimum absolute atomic E-state index is 0.00477. The van der Waals surface area contributed by atoms with Gasteiger partial charge in [-0.25, -0.2) is 4.39 Å². The zero-order valence-corrected chi connectivity index (χ0v) is 23.2. The normalized spacial score (nSPS) is 17.5. The van der Waals surface area contributed by atoms with Gasteiger partial charge >= 0.3 is 0 Å². The zero-order chi connectivity index (χ0) is 28.9. The van der Waals surface area contributed by atoms with Crippen molar-refractivity contribution in [1.29, 1.82) is 0 Å². The maximum atomic E-state index is 15.2. The molecule has 4 aromatic rings. The highest BCUT2D eigenvalue weighted by molar-refractivity contribution is 6.06. The van der Waals surface area contributed by atoms with E-state index in [1.54, 1.807) is 48.5 Å². The number of rotatable bonds is 9. The summed E-state index contributed by atoms with van der Waals surface area (Å²) in [5.41, 5.74) is 2.71. The van der Waals surface area contributed by atoms with E-state index in [9.17, 15) is 9.59 Å². The number of pyridine rings is 1. The van der Waals surface area contributed by atoms with E-state index in [2.05, 4.69) is 4.98 Å². The number of allylic oxidation sites excluding steroid dienone is 2. The van der Waals surface area contributed by atoms with E-state index in [4.69, 9.17) is 14.2 Å². The van der Waals surface area contributed by atoms with Crippen molar-refractivity contribution in [2.45, 2.75) is 38.9 Å². The van der Waals surface area contributed by atoms with Crippen LogP contribution in [0.2, 0.25) is 0 Å². The second kappa shape index (κ2) is 12.3. The molecule has 1 aromatic heterocycles. The molecule has 3 aromatic carbocycles. The summed E-state index contributed by atoms with van der Waals surface area (Å²) in [5, 5.41) is 0.699. The van der Waals surface area contributed by atoms with Crippen molar-refractivity contribution in [3.05, 3.63) is 108 Å². The molecular formula is C33H31FN2O5. The molecule has 0 N–H and O–H groups in total. The number of hydrogen-bond acceptors (Lipinski definition) is 6. The first-order chi connectivity index (χ1) is 19.9. The number of ketones is 1. The molecule has 8 heteroatoms. The molecule has 1 aliphatic rings. The van der Waals surface area contributed by atoms with E-state index < -0.39 is 29.7 Å². The van der Waals surface area contributed by atoms with Gasteiger partial charge in [-0.3, -0.25) is 14.6 Å². The predicted octanol–water partition coefficient (Wildman–Crippen LogP) is 6.57. The molecule has 1 fully saturated rings. The summed E-state index contributed by atoms with van der Waals surface area (Å²) in [6.45, 7) is 4.15. The number of morpholine rings is 1. The monoisotopic (exact) mass is 554 g/mol. The third kappa shape index (κ3) is 6.12. The summed E-state index contributed by atoms with van der Waals surface area (Å²) in [5.74, 6) is -0.389. The number of nitrogens with zero attached hydrogens (tertiary/aromatic N) is 2. The minimum atomic E-state index is -1.30. The number of fused-ring (bicyclic) bond motifs is 1. The number of Topliss-reactive ketones (excluding diaryl/α,β-unsaturated/α-hetero) is 1. The number of amides is 1. The lowest BCUT2D eigenvalue weighted by molar-refractivity contribution is -0.165. The number of carbonyl (C=O) groups is 2. The molecule has 2 unspecified atom stereocenters. The highest BCUT2D eigenvalue weighted by Crippen LogP contribution is 2.33. The van der Waals surface area contributed by atoms with Gasteiger partial charge in [-0.1, -0.05) is 49.4 Å². The third-order valence-electron chi connectivity index (χ3n) is 7.03. The Kier molecular flexibility index (Phi) is 8.40. The smallest absolute Gasteiger partial charge is 0.263 e. The van der Waals surface area contributed by atoms with E-state index >= 15 is 4.39 Å². The van der Waals surface area contributed by atoms with Crippen LogP contribution < -0.4 is 9.47 Å². The lowest BCUT2D eigenvalue weighted by atomic mass is 10.00. The van der Waals surface area contributed by atoms with Crippen LogP contribution in [0.1, 0.15) is 37.5 Å². The number of methoxy groups -OCH3 is 1. The summed E-state index contributed by atoms with van der Waals surface area (Å²) < 4.78 is 32.4. The Labute approximate surface area is 238 Å². The summed E-state index contributed by atoms with van der Waals surface area (Å²) in [7, 11) is 1.57. The number of hydrogen-bond donors (Lipinski definition) is 0. The van der Waals surface area contributed by atoms with Gasteiger partial charge in [-0.15, -0.1) is 0 Å². The number of carbonyl (C=O) groups excluding carboxylic acids is 2. The second-order valence-corrected chi connectivity index (χ2v) is 9.82. The van der Waals surface area contributed by atoms with Gasteiger partial charge < -0.3 is 19.1 Å². The Morgan fingerprint density at radius 2 is 1.90 bits per heavy atom.